The molecule has 0 aromatic heterocycles. The van der Waals surface area contributed by atoms with Crippen LogP contribution in [0.3, 0.4) is 0 Å². The number of rotatable bonds is 8. The van der Waals surface area contributed by atoms with Crippen LogP contribution in [0.1, 0.15) is 13.8 Å². The third kappa shape index (κ3) is 7.31. The van der Waals surface area contributed by atoms with Gasteiger partial charge in [-0.25, -0.2) is 0 Å². The van der Waals surface area contributed by atoms with E-state index < -0.39 is 0 Å². The standard InChI is InChI=1S/C9H21NO2S/c1-9(2)10(3-5-11)4-6-12-7-8-13/h9,11,13H,3-8H2,1-2H3. The van der Waals surface area contributed by atoms with Gasteiger partial charge in [0.2, 0.25) is 0 Å². The highest BCUT2D eigenvalue weighted by molar-refractivity contribution is 7.80. The van der Waals surface area contributed by atoms with Crippen LogP contribution in [-0.4, -0.2) is 54.7 Å². The van der Waals surface area contributed by atoms with E-state index >= 15 is 0 Å². The second-order valence-electron chi connectivity index (χ2n) is 3.19. The topological polar surface area (TPSA) is 32.7 Å². The number of nitrogens with zero attached hydrogens (tertiary/aromatic N) is 1. The maximum absolute atomic E-state index is 8.79. The largest absolute Gasteiger partial charge is 0.395 e. The molecule has 0 saturated heterocycles. The summed E-state index contributed by atoms with van der Waals surface area (Å²) >= 11 is 4.05. The normalized spacial score (nSPS) is 11.5. The molecule has 0 aromatic rings. The molecule has 0 atom stereocenters. The van der Waals surface area contributed by atoms with Gasteiger partial charge in [0.1, 0.15) is 0 Å². The Morgan fingerprint density at radius 1 is 1.31 bits per heavy atom. The summed E-state index contributed by atoms with van der Waals surface area (Å²) in [6.45, 7) is 7.48. The molecule has 0 bridgehead atoms. The second-order valence-corrected chi connectivity index (χ2v) is 3.64. The van der Waals surface area contributed by atoms with Gasteiger partial charge in [-0.15, -0.1) is 0 Å². The molecule has 3 nitrogen and oxygen atoms in total. The predicted octanol–water partition coefficient (Wildman–Crippen LogP) is 0.635. The third-order valence-corrected chi connectivity index (χ3v) is 2.06. The van der Waals surface area contributed by atoms with Crippen molar-refractivity contribution < 1.29 is 9.84 Å². The van der Waals surface area contributed by atoms with Crippen LogP contribution in [0.2, 0.25) is 0 Å². The Labute approximate surface area is 86.5 Å². The lowest BCUT2D eigenvalue weighted by Crippen LogP contribution is -2.36. The molecule has 0 spiro atoms. The highest BCUT2D eigenvalue weighted by Gasteiger charge is 2.07. The zero-order valence-electron chi connectivity index (χ0n) is 8.57. The monoisotopic (exact) mass is 207 g/mol. The fraction of sp³-hybridized carbons (Fsp3) is 1.00. The molecule has 0 aliphatic heterocycles. The van der Waals surface area contributed by atoms with E-state index in [0.29, 0.717) is 12.6 Å². The first-order valence-electron chi connectivity index (χ1n) is 4.76. The van der Waals surface area contributed by atoms with Crippen LogP contribution in [0.4, 0.5) is 0 Å². The Morgan fingerprint density at radius 3 is 2.46 bits per heavy atom. The first kappa shape index (κ1) is 13.2. The molecule has 1 N–H and O–H groups in total. The van der Waals surface area contributed by atoms with Gasteiger partial charge in [0.05, 0.1) is 19.8 Å². The molecule has 0 aromatic carbocycles. The second kappa shape index (κ2) is 8.81. The fourth-order valence-electron chi connectivity index (χ4n) is 1.11. The highest BCUT2D eigenvalue weighted by atomic mass is 32.1. The average Bonchev–Trinajstić information content (AvgIpc) is 2.10. The van der Waals surface area contributed by atoms with Gasteiger partial charge in [0.15, 0.2) is 0 Å². The molecule has 0 unspecified atom stereocenters. The number of aliphatic hydroxyl groups is 1. The summed E-state index contributed by atoms with van der Waals surface area (Å²) in [5.41, 5.74) is 0. The van der Waals surface area contributed by atoms with Gasteiger partial charge in [-0.1, -0.05) is 0 Å². The summed E-state index contributed by atoms with van der Waals surface area (Å²) in [7, 11) is 0. The quantitative estimate of drug-likeness (QED) is 0.452. The SMILES string of the molecule is CC(C)N(CCO)CCOCCS. The lowest BCUT2D eigenvalue weighted by molar-refractivity contribution is 0.0911. The summed E-state index contributed by atoms with van der Waals surface area (Å²) in [6.07, 6.45) is 0. The number of ether oxygens (including phenoxy) is 1. The Morgan fingerprint density at radius 2 is 2.00 bits per heavy atom. The van der Waals surface area contributed by atoms with E-state index in [9.17, 15) is 0 Å². The lowest BCUT2D eigenvalue weighted by Gasteiger charge is -2.25. The van der Waals surface area contributed by atoms with E-state index in [0.717, 1.165) is 25.4 Å². The first-order valence-corrected chi connectivity index (χ1v) is 5.39. The predicted molar refractivity (Wildman–Crippen MR) is 58.5 cm³/mol. The van der Waals surface area contributed by atoms with Crippen LogP contribution in [0, 0.1) is 0 Å². The molecule has 0 rings (SSSR count). The van der Waals surface area contributed by atoms with Gasteiger partial charge in [-0.2, -0.15) is 12.6 Å². The molecule has 13 heavy (non-hydrogen) atoms. The summed E-state index contributed by atoms with van der Waals surface area (Å²) in [5.74, 6) is 0.766. The van der Waals surface area contributed by atoms with Crippen molar-refractivity contribution in [3.8, 4) is 0 Å². The average molecular weight is 207 g/mol. The van der Waals surface area contributed by atoms with E-state index in [1.807, 2.05) is 0 Å². The minimum atomic E-state index is 0.213. The molecular weight excluding hydrogens is 186 g/mol. The van der Waals surface area contributed by atoms with Crippen LogP contribution in [-0.2, 0) is 4.74 Å². The molecular formula is C9H21NO2S. The van der Waals surface area contributed by atoms with E-state index in [1.165, 1.54) is 0 Å². The van der Waals surface area contributed by atoms with Crippen molar-refractivity contribution in [2.75, 3.05) is 38.7 Å². The minimum absolute atomic E-state index is 0.213. The van der Waals surface area contributed by atoms with Crippen molar-refractivity contribution in [1.82, 2.24) is 4.90 Å². The Kier molecular flexibility index (Phi) is 8.97. The van der Waals surface area contributed by atoms with Crippen molar-refractivity contribution >= 4 is 12.6 Å². The highest BCUT2D eigenvalue weighted by Crippen LogP contribution is 1.96. The first-order chi connectivity index (χ1) is 6.22. The van der Waals surface area contributed by atoms with E-state index in [4.69, 9.17) is 9.84 Å². The molecule has 0 fully saturated rings. The molecule has 0 saturated carbocycles. The smallest absolute Gasteiger partial charge is 0.0593 e. The third-order valence-electron chi connectivity index (χ3n) is 1.88. The van der Waals surface area contributed by atoms with Gasteiger partial charge in [0.25, 0.3) is 0 Å². The van der Waals surface area contributed by atoms with Gasteiger partial charge in [-0.05, 0) is 13.8 Å². The summed E-state index contributed by atoms with van der Waals surface area (Å²) in [4.78, 5) is 2.19. The number of hydrogen-bond donors (Lipinski definition) is 2. The van der Waals surface area contributed by atoms with Crippen molar-refractivity contribution in [3.63, 3.8) is 0 Å². The summed E-state index contributed by atoms with van der Waals surface area (Å²) in [5, 5.41) is 8.79. The lowest BCUT2D eigenvalue weighted by atomic mass is 10.3. The number of thiol groups is 1. The van der Waals surface area contributed by atoms with E-state index in [1.54, 1.807) is 0 Å². The van der Waals surface area contributed by atoms with E-state index in [-0.39, 0.29) is 6.61 Å². The van der Waals surface area contributed by atoms with Gasteiger partial charge < -0.3 is 9.84 Å². The van der Waals surface area contributed by atoms with Crippen LogP contribution in [0.5, 0.6) is 0 Å². The maximum atomic E-state index is 8.79. The van der Waals surface area contributed by atoms with Crippen molar-refractivity contribution in [2.45, 2.75) is 19.9 Å². The Balaban J connectivity index is 3.45. The van der Waals surface area contributed by atoms with Gasteiger partial charge in [0, 0.05) is 24.9 Å². The van der Waals surface area contributed by atoms with Crippen LogP contribution < -0.4 is 0 Å². The van der Waals surface area contributed by atoms with Crippen molar-refractivity contribution in [2.24, 2.45) is 0 Å². The molecule has 0 radical (unpaired) electrons. The molecule has 0 amide bonds. The summed E-state index contributed by atoms with van der Waals surface area (Å²) < 4.78 is 5.31. The van der Waals surface area contributed by atoms with E-state index in [2.05, 4.69) is 31.4 Å². The zero-order valence-corrected chi connectivity index (χ0v) is 9.46. The molecule has 4 heteroatoms. The molecule has 0 aliphatic rings. The number of aliphatic hydroxyl groups excluding tert-OH is 1. The maximum Gasteiger partial charge on any atom is 0.0593 e. The zero-order chi connectivity index (χ0) is 10.1. The summed E-state index contributed by atoms with van der Waals surface area (Å²) in [6, 6.07) is 0.465. The minimum Gasteiger partial charge on any atom is -0.395 e. The van der Waals surface area contributed by atoms with Crippen LogP contribution >= 0.6 is 12.6 Å². The van der Waals surface area contributed by atoms with Crippen molar-refractivity contribution in [3.05, 3.63) is 0 Å². The molecule has 0 heterocycles. The van der Waals surface area contributed by atoms with Crippen molar-refractivity contribution in [1.29, 1.82) is 0 Å². The van der Waals surface area contributed by atoms with Gasteiger partial charge >= 0.3 is 0 Å². The molecule has 0 aliphatic carbocycles. The Bertz CT molecular complexity index is 112. The fourth-order valence-corrected chi connectivity index (χ4v) is 1.23. The molecule has 80 valence electrons. The Hall–Kier alpha value is 0.230. The van der Waals surface area contributed by atoms with Crippen LogP contribution in [0.15, 0.2) is 0 Å². The van der Waals surface area contributed by atoms with Crippen LogP contribution in [0.25, 0.3) is 0 Å². The van der Waals surface area contributed by atoms with Gasteiger partial charge in [-0.3, -0.25) is 4.90 Å². The number of hydrogen-bond acceptors (Lipinski definition) is 4.